The third-order valence-corrected chi connectivity index (χ3v) is 33.6. The molecule has 0 radical (unpaired) electrons. The van der Waals surface area contributed by atoms with Crippen molar-refractivity contribution in [2.24, 2.45) is 0 Å². The summed E-state index contributed by atoms with van der Waals surface area (Å²) in [5.74, 6) is -4.91. The van der Waals surface area contributed by atoms with Crippen LogP contribution in [0.4, 0.5) is 26.3 Å². The summed E-state index contributed by atoms with van der Waals surface area (Å²) in [7, 11) is -2.61. The molecule has 13 rings (SSSR count). The maximum absolute atomic E-state index is 16.2. The van der Waals surface area contributed by atoms with Crippen LogP contribution in [-0.2, 0) is 59.4 Å². The third-order valence-electron chi connectivity index (χ3n) is 22.1. The predicted molar refractivity (Wildman–Crippen MR) is 424 cm³/mol. The molecule has 0 atom stereocenters. The monoisotopic (exact) mass is 1530 g/mol. The van der Waals surface area contributed by atoms with Gasteiger partial charge in [-0.1, -0.05) is 0 Å². The number of rotatable bonds is 26. The summed E-state index contributed by atoms with van der Waals surface area (Å²) < 4.78 is 146. The van der Waals surface area contributed by atoms with Crippen LogP contribution in [0.3, 0.4) is 0 Å². The van der Waals surface area contributed by atoms with Crippen LogP contribution in [0.15, 0.2) is 272 Å². The molecular formula is C90H91BF6O11P2. The number of alkyl halides is 6. The number of esters is 4. The van der Waals surface area contributed by atoms with E-state index in [2.05, 4.69) is 0 Å². The minimum atomic E-state index is -5.84. The van der Waals surface area contributed by atoms with Crippen molar-refractivity contribution in [2.75, 3.05) is 12.3 Å². The van der Waals surface area contributed by atoms with Crippen molar-refractivity contribution in [3.63, 3.8) is 0 Å². The van der Waals surface area contributed by atoms with Crippen molar-refractivity contribution in [1.29, 1.82) is 0 Å². The van der Waals surface area contributed by atoms with Crippen LogP contribution in [0.5, 0.6) is 5.75 Å². The number of carbonyl (C=O) groups excluding carboxylic acids is 4. The van der Waals surface area contributed by atoms with Crippen molar-refractivity contribution in [2.45, 2.75) is 165 Å². The Bertz CT molecular complexity index is 4090. The number of benzene rings is 9. The molecule has 4 saturated carbocycles. The van der Waals surface area contributed by atoms with Crippen LogP contribution in [0.25, 0.3) is 11.1 Å². The molecule has 4 aliphatic carbocycles. The van der Waals surface area contributed by atoms with Crippen molar-refractivity contribution < 1.29 is 78.0 Å². The van der Waals surface area contributed by atoms with E-state index in [1.807, 2.05) is 0 Å². The van der Waals surface area contributed by atoms with Gasteiger partial charge >= 0.3 is 643 Å². The van der Waals surface area contributed by atoms with Gasteiger partial charge in [0.05, 0.1) is 0 Å². The molecule has 4 fully saturated rings. The minimum absolute atomic E-state index is 0.00789. The van der Waals surface area contributed by atoms with Gasteiger partial charge in [0.2, 0.25) is 0 Å². The van der Waals surface area contributed by atoms with Crippen LogP contribution < -0.4 is 36.5 Å². The van der Waals surface area contributed by atoms with Gasteiger partial charge in [-0.25, -0.2) is 0 Å². The van der Waals surface area contributed by atoms with Crippen molar-refractivity contribution in [3.05, 3.63) is 294 Å². The first kappa shape index (κ1) is 78.7. The molecule has 9 aromatic rings. The average molecular weight is 1540 g/mol. The zero-order valence-electron chi connectivity index (χ0n) is 61.4. The summed E-state index contributed by atoms with van der Waals surface area (Å²) in [6, 6.07) is 71.9. The average Bonchev–Trinajstić information content (AvgIpc) is 0.681. The molecule has 0 N–H and O–H groups in total. The van der Waals surface area contributed by atoms with Gasteiger partial charge in [-0.05, 0) is 0 Å². The molecule has 0 heterocycles. The number of hydrogen-bond acceptors (Lipinski definition) is 11. The van der Waals surface area contributed by atoms with E-state index >= 15 is 45.5 Å². The Hall–Kier alpha value is -9.44. The van der Waals surface area contributed by atoms with E-state index in [9.17, 15) is 0 Å². The van der Waals surface area contributed by atoms with Gasteiger partial charge in [0.1, 0.15) is 0 Å². The van der Waals surface area contributed by atoms with Crippen molar-refractivity contribution in [1.82, 2.24) is 0 Å². The normalized spacial score (nSPS) is 16.5. The molecule has 572 valence electrons. The number of ether oxygens (including phenoxy) is 4. The summed E-state index contributed by atoms with van der Waals surface area (Å²) in [5, 5.41) is 2.11. The van der Waals surface area contributed by atoms with Gasteiger partial charge in [0.25, 0.3) is 0 Å². The Morgan fingerprint density at radius 1 is 0.309 bits per heavy atom. The fourth-order valence-electron chi connectivity index (χ4n) is 16.6. The van der Waals surface area contributed by atoms with E-state index in [0.29, 0.717) is 106 Å². The molecule has 0 bridgehead atoms. The molecule has 4 aliphatic rings. The molecule has 20 heteroatoms. The van der Waals surface area contributed by atoms with E-state index < -0.39 is 122 Å². The van der Waals surface area contributed by atoms with E-state index in [4.69, 9.17) is 32.5 Å². The van der Waals surface area contributed by atoms with Crippen LogP contribution in [0.2, 0.25) is 0 Å². The fraction of sp³-hybridized carbons (Fsp3) is 0.311. The van der Waals surface area contributed by atoms with E-state index in [-0.39, 0.29) is 17.2 Å². The second-order valence-electron chi connectivity index (χ2n) is 29.2. The molecule has 0 spiro atoms. The molecule has 110 heavy (non-hydrogen) atoms. The Labute approximate surface area is 639 Å². The number of allylic oxidation sites excluding steroid dienone is 2. The van der Waals surface area contributed by atoms with Crippen LogP contribution in [0.1, 0.15) is 151 Å². The second-order valence-corrected chi connectivity index (χ2v) is 38.2. The van der Waals surface area contributed by atoms with E-state index in [1.165, 1.54) is 0 Å². The molecule has 0 unspecified atom stereocenters. The molecule has 11 nitrogen and oxygen atoms in total. The van der Waals surface area contributed by atoms with Gasteiger partial charge in [0, 0.05) is 0 Å². The van der Waals surface area contributed by atoms with Crippen LogP contribution in [0, 0.1) is 0 Å². The van der Waals surface area contributed by atoms with E-state index in [1.54, 1.807) is 243 Å². The molecule has 0 aromatic heterocycles. The maximum atomic E-state index is 16.2. The van der Waals surface area contributed by atoms with Crippen molar-refractivity contribution in [3.8, 4) is 5.75 Å². The second kappa shape index (κ2) is 34.9. The molecule has 0 aliphatic heterocycles. The topological polar surface area (TPSA) is 133 Å². The first-order valence-electron chi connectivity index (χ1n) is 38.5. The van der Waals surface area contributed by atoms with Gasteiger partial charge in [-0.15, -0.1) is 0 Å². The van der Waals surface area contributed by atoms with Gasteiger partial charge < -0.3 is 0 Å². The SMILES string of the molecule is O=C(OC1CCCCC1)C(C(=O)OC1CCCCC1)=C(CP(OB(Oc1cc(C(F)(F)F)cc(C(F)(F)F)c1)OP(CC(=C(C(=O)OC1CCCCC1)C(=O)OC1CCCCC1)c1ccccc1)(c1ccccc1)(c1ccccc1)c1ccccc1)(c1ccccc1)(c1ccccc1)c1ccccc1)c1ccccc1. The summed E-state index contributed by atoms with van der Waals surface area (Å²) >= 11 is 0. The quantitative estimate of drug-likeness (QED) is 0.00750. The van der Waals surface area contributed by atoms with Gasteiger partial charge in [-0.3, -0.25) is 0 Å². The van der Waals surface area contributed by atoms with Gasteiger partial charge in [-0.2, -0.15) is 0 Å². The molecular weight excluding hydrogens is 1440 g/mol. The fourth-order valence-corrected chi connectivity index (χ4v) is 28.1. The molecule has 0 amide bonds. The summed E-state index contributed by atoms with van der Waals surface area (Å²) in [4.78, 5) is 64.7. The Morgan fingerprint density at radius 3 is 0.745 bits per heavy atom. The Kier molecular flexibility index (Phi) is 24.9. The van der Waals surface area contributed by atoms with E-state index in [0.717, 1.165) is 77.0 Å². The first-order chi connectivity index (χ1) is 53.3. The molecule has 0 saturated heterocycles. The van der Waals surface area contributed by atoms with Crippen LogP contribution in [-0.4, -0.2) is 67.9 Å². The standard InChI is InChI=1S/C90H91BF6O11P2/c92-89(93,94)68-61-69(90(95,96)97)63-74(62-68)106-91(107-109(75-49-25-7-26-50-75,76-51-27-8-28-52-76,77-53-29-9-30-54-77)64-81(66-37-13-1-14-38-66)83(85(98)102-70-41-17-3-18-42-70)86(99)103-71-43-19-4-20-44-71)108-110(78-55-31-10-32-56-78,79-57-33-11-34-58-79,80-59-35-12-36-60-80)65-82(67-39-15-2-16-40-67)84(87(100)104-72-45-21-5-22-46-72)88(101)105-73-47-23-6-24-48-73/h1-2,7-16,25-40,49-63,70-73H,3-6,17-24,41-48,64-65H2. The van der Waals surface area contributed by atoms with Gasteiger partial charge in [0.15, 0.2) is 0 Å². The molecule has 9 aromatic carbocycles. The van der Waals surface area contributed by atoms with Crippen LogP contribution >= 0.6 is 13.7 Å². The third kappa shape index (κ3) is 17.1. The number of halogens is 6. The number of hydrogen-bond donors (Lipinski definition) is 0. The zero-order valence-corrected chi connectivity index (χ0v) is 63.2. The summed E-state index contributed by atoms with van der Waals surface area (Å²) in [6.45, 7) is -11.7. The Morgan fingerprint density at radius 2 is 0.527 bits per heavy atom. The Balaban J connectivity index is 1.21. The summed E-state index contributed by atoms with van der Waals surface area (Å²) in [6.07, 6.45) is -0.485. The zero-order chi connectivity index (χ0) is 76.7. The predicted octanol–water partition coefficient (Wildman–Crippen LogP) is 19.4. The summed E-state index contributed by atoms with van der Waals surface area (Å²) in [5.41, 5.74) is -3.59. The first-order valence-corrected chi connectivity index (χ1v) is 43.1. The number of carbonyl (C=O) groups is 4. The van der Waals surface area contributed by atoms with Crippen molar-refractivity contribution >= 4 is 87.8 Å².